The van der Waals surface area contributed by atoms with Gasteiger partial charge in [-0.1, -0.05) is 0 Å². The van der Waals surface area contributed by atoms with Crippen molar-refractivity contribution in [3.05, 3.63) is 57.5 Å². The molecule has 0 saturated heterocycles. The smallest absolute Gasteiger partial charge is 0.269 e. The normalized spacial score (nSPS) is 11.1. The number of nitro groups is 1. The lowest BCUT2D eigenvalue weighted by Gasteiger charge is -2.22. The van der Waals surface area contributed by atoms with E-state index in [0.717, 1.165) is 0 Å². The fourth-order valence-electron chi connectivity index (χ4n) is 2.59. The summed E-state index contributed by atoms with van der Waals surface area (Å²) in [5.41, 5.74) is 0.804. The van der Waals surface area contributed by atoms with Crippen LogP contribution in [0.5, 0.6) is 0 Å². The number of non-ortho nitro benzene ring substituents is 1. The molecule has 2 heterocycles. The maximum atomic E-state index is 10.9. The second kappa shape index (κ2) is 7.25. The molecular formula is C18H16ClN7O2. The van der Waals surface area contributed by atoms with Gasteiger partial charge in [-0.2, -0.15) is 10.4 Å². The highest BCUT2D eigenvalue weighted by atomic mass is 35.5. The zero-order valence-corrected chi connectivity index (χ0v) is 16.1. The molecule has 0 saturated carbocycles. The fraction of sp³-hybridized carbons (Fsp3) is 0.222. The highest BCUT2D eigenvalue weighted by molar-refractivity contribution is 6.28. The summed E-state index contributed by atoms with van der Waals surface area (Å²) < 4.78 is 1.68. The van der Waals surface area contributed by atoms with Gasteiger partial charge in [-0.25, -0.2) is 14.6 Å². The minimum atomic E-state index is -0.478. The maximum Gasteiger partial charge on any atom is 0.269 e. The van der Waals surface area contributed by atoms with Gasteiger partial charge in [-0.05, 0) is 50.6 Å². The van der Waals surface area contributed by atoms with Crippen LogP contribution in [-0.2, 0) is 5.54 Å². The van der Waals surface area contributed by atoms with Crippen molar-refractivity contribution in [3.63, 3.8) is 0 Å². The fourth-order valence-corrected chi connectivity index (χ4v) is 2.74. The molecule has 0 radical (unpaired) electrons. The van der Waals surface area contributed by atoms with E-state index in [1.807, 2.05) is 20.8 Å². The van der Waals surface area contributed by atoms with Crippen molar-refractivity contribution in [1.82, 2.24) is 19.7 Å². The van der Waals surface area contributed by atoms with Crippen molar-refractivity contribution in [3.8, 4) is 17.3 Å². The number of nitrogens with zero attached hydrogens (tertiary/aromatic N) is 6. The maximum absolute atomic E-state index is 10.9. The summed E-state index contributed by atoms with van der Waals surface area (Å²) in [6.45, 7) is 5.83. The molecule has 10 heteroatoms. The third-order valence-electron chi connectivity index (χ3n) is 3.86. The van der Waals surface area contributed by atoms with E-state index in [1.165, 1.54) is 18.3 Å². The van der Waals surface area contributed by atoms with Crippen LogP contribution in [0.3, 0.4) is 0 Å². The number of halogens is 1. The van der Waals surface area contributed by atoms with Crippen LogP contribution in [0.15, 0.2) is 36.5 Å². The average Bonchev–Trinajstić information content (AvgIpc) is 3.00. The summed E-state index contributed by atoms with van der Waals surface area (Å²) >= 11 is 5.85. The van der Waals surface area contributed by atoms with E-state index in [2.05, 4.69) is 26.5 Å². The first-order valence-electron chi connectivity index (χ1n) is 8.24. The van der Waals surface area contributed by atoms with E-state index >= 15 is 0 Å². The average molecular weight is 398 g/mol. The zero-order valence-electron chi connectivity index (χ0n) is 15.3. The Morgan fingerprint density at radius 1 is 1.25 bits per heavy atom. The number of hydrogen-bond donors (Lipinski definition) is 1. The molecule has 0 spiro atoms. The molecule has 1 aromatic carbocycles. The van der Waals surface area contributed by atoms with Gasteiger partial charge in [0.25, 0.3) is 5.69 Å². The van der Waals surface area contributed by atoms with Gasteiger partial charge in [0.15, 0.2) is 0 Å². The van der Waals surface area contributed by atoms with Crippen molar-refractivity contribution < 1.29 is 4.92 Å². The molecule has 28 heavy (non-hydrogen) atoms. The Morgan fingerprint density at radius 2 is 1.93 bits per heavy atom. The van der Waals surface area contributed by atoms with E-state index < -0.39 is 10.5 Å². The van der Waals surface area contributed by atoms with E-state index in [1.54, 1.807) is 22.9 Å². The second-order valence-corrected chi connectivity index (χ2v) is 7.24. The quantitative estimate of drug-likeness (QED) is 0.396. The lowest BCUT2D eigenvalue weighted by atomic mass is 10.1. The lowest BCUT2D eigenvalue weighted by Crippen LogP contribution is -2.24. The molecule has 142 valence electrons. The van der Waals surface area contributed by atoms with Crippen molar-refractivity contribution in [1.29, 1.82) is 5.26 Å². The summed E-state index contributed by atoms with van der Waals surface area (Å²) in [7, 11) is 0. The first kappa shape index (κ1) is 19.3. The Bertz CT molecular complexity index is 1080. The zero-order chi connectivity index (χ0) is 20.5. The molecule has 3 rings (SSSR count). The number of benzene rings is 1. The summed E-state index contributed by atoms with van der Waals surface area (Å²) in [5.74, 6) is 0.857. The van der Waals surface area contributed by atoms with E-state index in [4.69, 9.17) is 11.6 Å². The van der Waals surface area contributed by atoms with Gasteiger partial charge in [0.2, 0.25) is 5.28 Å². The van der Waals surface area contributed by atoms with Crippen LogP contribution in [0.4, 0.5) is 17.3 Å². The standard InChI is InChI=1S/C18H16ClN7O2/c1-18(2,3)25-16(22-14-8-9-21-17(19)23-14)13(10-20)15(24-25)11-4-6-12(7-5-11)26(27)28/h4-9H,1-3H3,(H,21,22,23). The topological polar surface area (TPSA) is 123 Å². The van der Waals surface area contributed by atoms with Crippen LogP contribution < -0.4 is 5.32 Å². The molecule has 0 bridgehead atoms. The molecule has 0 aliphatic rings. The highest BCUT2D eigenvalue weighted by Gasteiger charge is 2.26. The molecule has 0 aliphatic heterocycles. The third-order valence-corrected chi connectivity index (χ3v) is 4.04. The first-order valence-corrected chi connectivity index (χ1v) is 8.62. The minimum Gasteiger partial charge on any atom is -0.324 e. The van der Waals surface area contributed by atoms with Gasteiger partial charge in [0.1, 0.15) is 29.0 Å². The lowest BCUT2D eigenvalue weighted by molar-refractivity contribution is -0.384. The van der Waals surface area contributed by atoms with E-state index in [-0.39, 0.29) is 11.0 Å². The van der Waals surface area contributed by atoms with Gasteiger partial charge >= 0.3 is 0 Å². The molecule has 1 N–H and O–H groups in total. The number of anilines is 2. The van der Waals surface area contributed by atoms with Crippen molar-refractivity contribution in [2.45, 2.75) is 26.3 Å². The molecule has 0 atom stereocenters. The third kappa shape index (κ3) is 3.77. The van der Waals surface area contributed by atoms with E-state index in [9.17, 15) is 15.4 Å². The summed E-state index contributed by atoms with van der Waals surface area (Å²) in [6, 6.07) is 9.69. The highest BCUT2D eigenvalue weighted by Crippen LogP contribution is 2.34. The minimum absolute atomic E-state index is 0.0357. The van der Waals surface area contributed by atoms with Crippen molar-refractivity contribution >= 4 is 28.9 Å². The van der Waals surface area contributed by atoms with Crippen molar-refractivity contribution in [2.75, 3.05) is 5.32 Å². The Balaban J connectivity index is 2.15. The number of nitriles is 1. The van der Waals surface area contributed by atoms with Gasteiger partial charge in [0, 0.05) is 23.9 Å². The van der Waals surface area contributed by atoms with Gasteiger partial charge in [-0.3, -0.25) is 10.1 Å². The van der Waals surface area contributed by atoms with Crippen LogP contribution in [0.2, 0.25) is 5.28 Å². The molecule has 0 amide bonds. The molecule has 9 nitrogen and oxygen atoms in total. The largest absolute Gasteiger partial charge is 0.324 e. The summed E-state index contributed by atoms with van der Waals surface area (Å²) in [6.07, 6.45) is 1.50. The first-order chi connectivity index (χ1) is 13.2. The number of rotatable bonds is 4. The van der Waals surface area contributed by atoms with Crippen LogP contribution in [0.25, 0.3) is 11.3 Å². The number of hydrogen-bond acceptors (Lipinski definition) is 7. The van der Waals surface area contributed by atoms with Crippen LogP contribution in [-0.4, -0.2) is 24.7 Å². The van der Waals surface area contributed by atoms with Gasteiger partial charge < -0.3 is 5.32 Å². The predicted octanol–water partition coefficient (Wildman–Crippen LogP) is 4.27. The molecule has 0 unspecified atom stereocenters. The number of nitro benzene ring substituents is 1. The SMILES string of the molecule is CC(C)(C)n1nc(-c2ccc([N+](=O)[O-])cc2)c(C#N)c1Nc1ccnc(Cl)n1. The molecular weight excluding hydrogens is 382 g/mol. The second-order valence-electron chi connectivity index (χ2n) is 6.91. The Kier molecular flexibility index (Phi) is 4.98. The summed E-state index contributed by atoms with van der Waals surface area (Å²) in [4.78, 5) is 18.4. The van der Waals surface area contributed by atoms with E-state index in [0.29, 0.717) is 28.5 Å². The number of aromatic nitrogens is 4. The van der Waals surface area contributed by atoms with Crippen molar-refractivity contribution in [2.24, 2.45) is 0 Å². The van der Waals surface area contributed by atoms with Crippen LogP contribution in [0.1, 0.15) is 26.3 Å². The molecule has 3 aromatic rings. The Labute approximate surface area is 165 Å². The molecule has 2 aromatic heterocycles. The predicted molar refractivity (Wildman–Crippen MR) is 104 cm³/mol. The summed E-state index contributed by atoms with van der Waals surface area (Å²) in [5, 5.41) is 28.5. The monoisotopic (exact) mass is 397 g/mol. The molecule has 0 fully saturated rings. The Morgan fingerprint density at radius 3 is 2.46 bits per heavy atom. The molecule has 0 aliphatic carbocycles. The van der Waals surface area contributed by atoms with Gasteiger partial charge in [-0.15, -0.1) is 0 Å². The van der Waals surface area contributed by atoms with Crippen LogP contribution in [0, 0.1) is 21.4 Å². The van der Waals surface area contributed by atoms with Crippen LogP contribution >= 0.6 is 11.6 Å². The Hall–Kier alpha value is -3.51. The number of nitrogens with one attached hydrogen (secondary N) is 1. The van der Waals surface area contributed by atoms with Gasteiger partial charge in [0.05, 0.1) is 10.5 Å².